The summed E-state index contributed by atoms with van der Waals surface area (Å²) in [5.74, 6) is -2.47. The lowest BCUT2D eigenvalue weighted by atomic mass is 10.1. The maximum atomic E-state index is 13.7. The van der Waals surface area contributed by atoms with Crippen LogP contribution in [0.1, 0.15) is 50.4 Å². The monoisotopic (exact) mass is 269 g/mol. The van der Waals surface area contributed by atoms with Gasteiger partial charge in [0.05, 0.1) is 5.56 Å². The van der Waals surface area contributed by atoms with E-state index in [-0.39, 0.29) is 11.6 Å². The number of rotatable bonds is 6. The Morgan fingerprint density at radius 2 is 2.00 bits per heavy atom. The summed E-state index contributed by atoms with van der Waals surface area (Å²) in [6.45, 7) is 6.49. The van der Waals surface area contributed by atoms with Crippen LogP contribution < -0.4 is 0 Å². The molecule has 0 aromatic heterocycles. The van der Waals surface area contributed by atoms with Crippen LogP contribution in [0.4, 0.5) is 8.78 Å². The summed E-state index contributed by atoms with van der Waals surface area (Å²) in [6, 6.07) is 3.73. The van der Waals surface area contributed by atoms with E-state index in [2.05, 4.69) is 0 Å². The Morgan fingerprint density at radius 1 is 1.32 bits per heavy atom. The van der Waals surface area contributed by atoms with E-state index in [9.17, 15) is 13.6 Å². The van der Waals surface area contributed by atoms with E-state index < -0.39 is 17.5 Å². The Balaban J connectivity index is 3.01. The van der Waals surface area contributed by atoms with E-state index >= 15 is 0 Å². The number of unbranched alkanes of at least 4 members (excludes halogenated alkanes) is 1. The predicted octanol–water partition coefficient (Wildman–Crippen LogP) is 4.01. The third-order valence-corrected chi connectivity index (χ3v) is 3.32. The Morgan fingerprint density at radius 3 is 2.58 bits per heavy atom. The number of amides is 1. The maximum absolute atomic E-state index is 13.7. The molecule has 1 amide bonds. The minimum Gasteiger partial charge on any atom is -0.336 e. The number of hydrogen-bond acceptors (Lipinski definition) is 1. The van der Waals surface area contributed by atoms with Gasteiger partial charge in [0.15, 0.2) is 11.6 Å². The lowest BCUT2D eigenvalue weighted by Crippen LogP contribution is -2.39. The molecule has 0 fully saturated rings. The van der Waals surface area contributed by atoms with Crippen LogP contribution in [0.3, 0.4) is 0 Å². The normalized spacial score (nSPS) is 12.3. The fourth-order valence-corrected chi connectivity index (χ4v) is 1.89. The summed E-state index contributed by atoms with van der Waals surface area (Å²) in [5.41, 5.74) is -0.184. The van der Waals surface area contributed by atoms with Gasteiger partial charge in [-0.15, -0.1) is 0 Å². The first kappa shape index (κ1) is 15.6. The largest absolute Gasteiger partial charge is 0.336 e. The molecule has 0 aliphatic heterocycles. The van der Waals surface area contributed by atoms with Crippen LogP contribution in [0.2, 0.25) is 0 Å². The van der Waals surface area contributed by atoms with Crippen molar-refractivity contribution in [2.75, 3.05) is 6.54 Å². The van der Waals surface area contributed by atoms with Gasteiger partial charge in [-0.25, -0.2) is 8.78 Å². The molecule has 0 aliphatic rings. The SMILES string of the molecule is CCCCN(C(=O)c1cccc(F)c1F)C(C)CC. The molecule has 0 heterocycles. The van der Waals surface area contributed by atoms with Gasteiger partial charge in [-0.1, -0.05) is 26.3 Å². The first-order valence-electron chi connectivity index (χ1n) is 6.77. The van der Waals surface area contributed by atoms with Gasteiger partial charge in [0.1, 0.15) is 0 Å². The summed E-state index contributed by atoms with van der Waals surface area (Å²) in [6.07, 6.45) is 2.59. The van der Waals surface area contributed by atoms with E-state index in [0.29, 0.717) is 6.54 Å². The molecule has 0 bridgehead atoms. The van der Waals surface area contributed by atoms with Gasteiger partial charge in [-0.3, -0.25) is 4.79 Å². The molecule has 1 atom stereocenters. The summed E-state index contributed by atoms with van der Waals surface area (Å²) in [7, 11) is 0. The van der Waals surface area contributed by atoms with Crippen LogP contribution >= 0.6 is 0 Å². The molecule has 0 spiro atoms. The third kappa shape index (κ3) is 3.75. The van der Waals surface area contributed by atoms with Crippen molar-refractivity contribution in [3.63, 3.8) is 0 Å². The van der Waals surface area contributed by atoms with Crippen molar-refractivity contribution in [2.45, 2.75) is 46.1 Å². The molecule has 4 heteroatoms. The maximum Gasteiger partial charge on any atom is 0.257 e. The average Bonchev–Trinajstić information content (AvgIpc) is 2.41. The number of nitrogens with zero attached hydrogens (tertiary/aromatic N) is 1. The van der Waals surface area contributed by atoms with Crippen molar-refractivity contribution in [2.24, 2.45) is 0 Å². The highest BCUT2D eigenvalue weighted by atomic mass is 19.2. The van der Waals surface area contributed by atoms with Gasteiger partial charge in [-0.05, 0) is 31.9 Å². The van der Waals surface area contributed by atoms with Crippen molar-refractivity contribution in [3.8, 4) is 0 Å². The zero-order valence-corrected chi connectivity index (χ0v) is 11.7. The molecule has 19 heavy (non-hydrogen) atoms. The third-order valence-electron chi connectivity index (χ3n) is 3.32. The van der Waals surface area contributed by atoms with Crippen molar-refractivity contribution >= 4 is 5.91 Å². The standard InChI is InChI=1S/C15H21F2NO/c1-4-6-10-18(11(3)5-2)15(19)12-8-7-9-13(16)14(12)17/h7-9,11H,4-6,10H2,1-3H3. The van der Waals surface area contributed by atoms with Gasteiger partial charge < -0.3 is 4.90 Å². The van der Waals surface area contributed by atoms with Gasteiger partial charge in [0, 0.05) is 12.6 Å². The molecule has 0 radical (unpaired) electrons. The Hall–Kier alpha value is -1.45. The van der Waals surface area contributed by atoms with Crippen molar-refractivity contribution in [1.82, 2.24) is 4.90 Å². The Kier molecular flexibility index (Phi) is 5.93. The molecule has 2 nitrogen and oxygen atoms in total. The summed E-state index contributed by atoms with van der Waals surface area (Å²) < 4.78 is 26.9. The lowest BCUT2D eigenvalue weighted by molar-refractivity contribution is 0.0679. The van der Waals surface area contributed by atoms with Crippen LogP contribution in [0.15, 0.2) is 18.2 Å². The number of benzene rings is 1. The predicted molar refractivity (Wildman–Crippen MR) is 72.1 cm³/mol. The fourth-order valence-electron chi connectivity index (χ4n) is 1.89. The topological polar surface area (TPSA) is 20.3 Å². The molecule has 0 saturated carbocycles. The minimum atomic E-state index is -1.06. The van der Waals surface area contributed by atoms with E-state index in [1.807, 2.05) is 20.8 Å². The highest BCUT2D eigenvalue weighted by Crippen LogP contribution is 2.17. The van der Waals surface area contributed by atoms with E-state index in [0.717, 1.165) is 25.3 Å². The Bertz CT molecular complexity index is 434. The first-order chi connectivity index (χ1) is 9.02. The van der Waals surface area contributed by atoms with Crippen LogP contribution in [0.25, 0.3) is 0 Å². The lowest BCUT2D eigenvalue weighted by Gasteiger charge is -2.28. The van der Waals surface area contributed by atoms with Crippen molar-refractivity contribution in [1.29, 1.82) is 0 Å². The highest BCUT2D eigenvalue weighted by Gasteiger charge is 2.23. The van der Waals surface area contributed by atoms with Crippen LogP contribution in [-0.2, 0) is 0 Å². The first-order valence-corrected chi connectivity index (χ1v) is 6.77. The van der Waals surface area contributed by atoms with Crippen molar-refractivity contribution < 1.29 is 13.6 Å². The second kappa shape index (κ2) is 7.22. The molecule has 1 rings (SSSR count). The molecular formula is C15H21F2NO. The zero-order valence-electron chi connectivity index (χ0n) is 11.7. The smallest absolute Gasteiger partial charge is 0.257 e. The summed E-state index contributed by atoms with van der Waals surface area (Å²) in [4.78, 5) is 14.0. The highest BCUT2D eigenvalue weighted by molar-refractivity contribution is 5.94. The fraction of sp³-hybridized carbons (Fsp3) is 0.533. The summed E-state index contributed by atoms with van der Waals surface area (Å²) >= 11 is 0. The second-order valence-electron chi connectivity index (χ2n) is 4.71. The molecule has 1 aromatic carbocycles. The van der Waals surface area contributed by atoms with Gasteiger partial charge in [-0.2, -0.15) is 0 Å². The molecular weight excluding hydrogens is 248 g/mol. The molecule has 0 aliphatic carbocycles. The average molecular weight is 269 g/mol. The van der Waals surface area contributed by atoms with Crippen LogP contribution in [0.5, 0.6) is 0 Å². The van der Waals surface area contributed by atoms with Crippen LogP contribution in [-0.4, -0.2) is 23.4 Å². The van der Waals surface area contributed by atoms with Gasteiger partial charge >= 0.3 is 0 Å². The number of hydrogen-bond donors (Lipinski definition) is 0. The van der Waals surface area contributed by atoms with Crippen molar-refractivity contribution in [3.05, 3.63) is 35.4 Å². The second-order valence-corrected chi connectivity index (χ2v) is 4.71. The van der Waals surface area contributed by atoms with E-state index in [4.69, 9.17) is 0 Å². The Labute approximate surface area is 113 Å². The molecule has 106 valence electrons. The van der Waals surface area contributed by atoms with Gasteiger partial charge in [0.2, 0.25) is 0 Å². The zero-order chi connectivity index (χ0) is 14.4. The van der Waals surface area contributed by atoms with Gasteiger partial charge in [0.25, 0.3) is 5.91 Å². The quantitative estimate of drug-likeness (QED) is 0.764. The van der Waals surface area contributed by atoms with E-state index in [1.54, 1.807) is 4.90 Å². The molecule has 0 N–H and O–H groups in total. The molecule has 1 aromatic rings. The number of carbonyl (C=O) groups is 1. The molecule has 1 unspecified atom stereocenters. The number of carbonyl (C=O) groups excluding carboxylic acids is 1. The minimum absolute atomic E-state index is 0.0155. The van der Waals surface area contributed by atoms with E-state index in [1.165, 1.54) is 12.1 Å². The summed E-state index contributed by atoms with van der Waals surface area (Å²) in [5, 5.41) is 0. The number of halogens is 2. The molecule has 0 saturated heterocycles. The van der Waals surface area contributed by atoms with Crippen LogP contribution in [0, 0.1) is 11.6 Å².